The minimum atomic E-state index is -0.156. The number of nitrogens with zero attached hydrogens (tertiary/aromatic N) is 3. The van der Waals surface area contributed by atoms with Crippen LogP contribution in [0.5, 0.6) is 17.2 Å². The number of para-hydroxylation sites is 1. The molecule has 6 rings (SSSR count). The summed E-state index contributed by atoms with van der Waals surface area (Å²) in [5.41, 5.74) is 5.53. The van der Waals surface area contributed by atoms with Crippen LogP contribution in [0.15, 0.2) is 60.7 Å². The molecule has 1 fully saturated rings. The molecule has 0 aliphatic carbocycles. The predicted molar refractivity (Wildman–Crippen MR) is 152 cm³/mol. The molecule has 204 valence electrons. The van der Waals surface area contributed by atoms with E-state index in [9.17, 15) is 9.59 Å². The molecule has 3 heterocycles. The number of benzene rings is 3. The van der Waals surface area contributed by atoms with Crippen LogP contribution in [0.4, 0.5) is 10.5 Å². The van der Waals surface area contributed by atoms with Gasteiger partial charge in [0, 0.05) is 47.4 Å². The average molecular weight is 539 g/mol. The number of amides is 3. The fourth-order valence-electron chi connectivity index (χ4n) is 5.37. The monoisotopic (exact) mass is 538 g/mol. The molecule has 0 atom stereocenters. The molecule has 0 unspecified atom stereocenters. The first-order chi connectivity index (χ1) is 19.5. The van der Waals surface area contributed by atoms with E-state index in [1.165, 1.54) is 0 Å². The Labute approximate surface area is 232 Å². The lowest BCUT2D eigenvalue weighted by molar-refractivity contribution is 0.0733. The minimum absolute atomic E-state index is 0.133. The lowest BCUT2D eigenvalue weighted by atomic mass is 10.0. The Morgan fingerprint density at radius 3 is 2.60 bits per heavy atom. The summed E-state index contributed by atoms with van der Waals surface area (Å²) in [6.07, 6.45) is 0. The molecule has 1 aromatic heterocycles. The first kappa shape index (κ1) is 25.5. The van der Waals surface area contributed by atoms with Crippen molar-refractivity contribution in [2.24, 2.45) is 0 Å². The van der Waals surface area contributed by atoms with E-state index < -0.39 is 0 Å². The number of carbonyl (C=O) groups excluding carboxylic acids is 2. The second-order valence-corrected chi connectivity index (χ2v) is 9.86. The van der Waals surface area contributed by atoms with Gasteiger partial charge in [0.25, 0.3) is 5.91 Å². The number of hydrogen-bond acceptors (Lipinski definition) is 6. The standard InChI is InChI=1S/C31H30N4O5/c1-19-14-25(33-28-24(19)8-5-9-26(28)38-2)21-15-22-18-34(12-13-40-29(22)27(17-21)39-3)30(36)20-6-4-7-23(16-20)35-11-10-32-31(35)37/h4-9,14-17H,10-13,18H2,1-3H3,(H,32,37). The summed E-state index contributed by atoms with van der Waals surface area (Å²) >= 11 is 0. The smallest absolute Gasteiger partial charge is 0.321 e. The zero-order chi connectivity index (χ0) is 27.8. The highest BCUT2D eigenvalue weighted by atomic mass is 16.5. The SMILES string of the molecule is COc1cc(-c2cc(C)c3cccc(OC)c3n2)cc2c1OCCN(C(=O)c1cccc(N3CCNC3=O)c1)C2. The number of urea groups is 1. The van der Waals surface area contributed by atoms with Crippen molar-refractivity contribution in [3.8, 4) is 28.5 Å². The Balaban J connectivity index is 1.36. The second kappa shape index (κ2) is 10.4. The lowest BCUT2D eigenvalue weighted by Crippen LogP contribution is -2.33. The molecule has 2 aliphatic heterocycles. The number of anilines is 1. The molecule has 1 saturated heterocycles. The normalized spacial score (nSPS) is 14.8. The number of nitrogens with one attached hydrogen (secondary N) is 1. The van der Waals surface area contributed by atoms with Gasteiger partial charge in [-0.2, -0.15) is 0 Å². The third-order valence-electron chi connectivity index (χ3n) is 7.39. The zero-order valence-corrected chi connectivity index (χ0v) is 22.7. The van der Waals surface area contributed by atoms with Crippen molar-refractivity contribution in [2.45, 2.75) is 13.5 Å². The Bertz CT molecular complexity index is 1640. The van der Waals surface area contributed by atoms with Crippen LogP contribution in [0, 0.1) is 6.92 Å². The minimum Gasteiger partial charge on any atom is -0.494 e. The fraction of sp³-hybridized carbons (Fsp3) is 0.258. The maximum atomic E-state index is 13.7. The molecule has 40 heavy (non-hydrogen) atoms. The summed E-state index contributed by atoms with van der Waals surface area (Å²) in [6, 6.07) is 18.9. The van der Waals surface area contributed by atoms with Crippen molar-refractivity contribution >= 4 is 28.5 Å². The summed E-state index contributed by atoms with van der Waals surface area (Å²) in [7, 11) is 3.25. The number of methoxy groups -OCH3 is 2. The van der Waals surface area contributed by atoms with E-state index >= 15 is 0 Å². The number of hydrogen-bond donors (Lipinski definition) is 1. The number of aryl methyl sites for hydroxylation is 1. The number of fused-ring (bicyclic) bond motifs is 2. The Morgan fingerprint density at radius 1 is 1.00 bits per heavy atom. The van der Waals surface area contributed by atoms with Gasteiger partial charge in [-0.15, -0.1) is 0 Å². The van der Waals surface area contributed by atoms with Crippen molar-refractivity contribution in [2.75, 3.05) is 45.4 Å². The number of ether oxygens (including phenoxy) is 3. The van der Waals surface area contributed by atoms with Crippen LogP contribution in [0.25, 0.3) is 22.2 Å². The Morgan fingerprint density at radius 2 is 1.82 bits per heavy atom. The van der Waals surface area contributed by atoms with Crippen molar-refractivity contribution in [3.05, 3.63) is 77.4 Å². The van der Waals surface area contributed by atoms with Crippen molar-refractivity contribution in [1.29, 1.82) is 0 Å². The molecule has 0 saturated carbocycles. The maximum absolute atomic E-state index is 13.7. The van der Waals surface area contributed by atoms with Crippen molar-refractivity contribution in [1.82, 2.24) is 15.2 Å². The van der Waals surface area contributed by atoms with Crippen LogP contribution in [0.3, 0.4) is 0 Å². The van der Waals surface area contributed by atoms with E-state index in [1.807, 2.05) is 42.5 Å². The van der Waals surface area contributed by atoms with Gasteiger partial charge in [-0.05, 0) is 55.0 Å². The second-order valence-electron chi connectivity index (χ2n) is 9.86. The first-order valence-electron chi connectivity index (χ1n) is 13.2. The Kier molecular flexibility index (Phi) is 6.63. The molecule has 1 N–H and O–H groups in total. The van der Waals surface area contributed by atoms with Crippen LogP contribution in [0.2, 0.25) is 0 Å². The van der Waals surface area contributed by atoms with Crippen LogP contribution in [0.1, 0.15) is 21.5 Å². The van der Waals surface area contributed by atoms with Crippen LogP contribution >= 0.6 is 0 Å². The first-order valence-corrected chi connectivity index (χ1v) is 13.2. The topological polar surface area (TPSA) is 93.2 Å². The highest BCUT2D eigenvalue weighted by Crippen LogP contribution is 2.39. The van der Waals surface area contributed by atoms with Crippen molar-refractivity contribution < 1.29 is 23.8 Å². The zero-order valence-electron chi connectivity index (χ0n) is 22.7. The highest BCUT2D eigenvalue weighted by Gasteiger charge is 2.26. The summed E-state index contributed by atoms with van der Waals surface area (Å²) in [5.74, 6) is 1.78. The van der Waals surface area contributed by atoms with Gasteiger partial charge in [0.05, 0.1) is 26.5 Å². The maximum Gasteiger partial charge on any atom is 0.321 e. The molecule has 2 aliphatic rings. The van der Waals surface area contributed by atoms with Crippen LogP contribution in [-0.4, -0.2) is 62.3 Å². The van der Waals surface area contributed by atoms with Gasteiger partial charge >= 0.3 is 6.03 Å². The van der Waals surface area contributed by atoms with Gasteiger partial charge in [-0.1, -0.05) is 18.2 Å². The van der Waals surface area contributed by atoms with E-state index in [4.69, 9.17) is 19.2 Å². The van der Waals surface area contributed by atoms with E-state index in [1.54, 1.807) is 42.2 Å². The van der Waals surface area contributed by atoms with Gasteiger partial charge in [0.15, 0.2) is 11.5 Å². The molecular weight excluding hydrogens is 508 g/mol. The summed E-state index contributed by atoms with van der Waals surface area (Å²) in [4.78, 5) is 34.2. The number of pyridine rings is 1. The van der Waals surface area contributed by atoms with E-state index in [-0.39, 0.29) is 11.9 Å². The van der Waals surface area contributed by atoms with Crippen molar-refractivity contribution in [3.63, 3.8) is 0 Å². The lowest BCUT2D eigenvalue weighted by Gasteiger charge is -2.21. The van der Waals surface area contributed by atoms with Gasteiger partial charge in [0.1, 0.15) is 17.9 Å². The molecule has 0 radical (unpaired) electrons. The quantitative estimate of drug-likeness (QED) is 0.393. The predicted octanol–water partition coefficient (Wildman–Crippen LogP) is 4.79. The highest BCUT2D eigenvalue weighted by molar-refractivity contribution is 5.98. The van der Waals surface area contributed by atoms with Gasteiger partial charge in [-0.3, -0.25) is 9.69 Å². The molecule has 3 amide bonds. The number of aromatic nitrogens is 1. The molecule has 9 nitrogen and oxygen atoms in total. The summed E-state index contributed by atoms with van der Waals surface area (Å²) in [6.45, 7) is 4.27. The van der Waals surface area contributed by atoms with Crippen LogP contribution in [-0.2, 0) is 6.54 Å². The average Bonchev–Trinajstić information content (AvgIpc) is 3.29. The summed E-state index contributed by atoms with van der Waals surface area (Å²) in [5, 5.41) is 3.83. The van der Waals surface area contributed by atoms with E-state index in [0.29, 0.717) is 61.3 Å². The van der Waals surface area contributed by atoms with E-state index in [2.05, 4.69) is 12.2 Å². The fourth-order valence-corrected chi connectivity index (χ4v) is 5.37. The van der Waals surface area contributed by atoms with E-state index in [0.717, 1.165) is 33.3 Å². The van der Waals surface area contributed by atoms with Gasteiger partial charge < -0.3 is 24.4 Å². The molecule has 3 aromatic carbocycles. The van der Waals surface area contributed by atoms with Crippen LogP contribution < -0.4 is 24.4 Å². The largest absolute Gasteiger partial charge is 0.494 e. The molecule has 9 heteroatoms. The molecule has 0 bridgehead atoms. The molecule has 4 aromatic rings. The Hall–Kier alpha value is -4.79. The molecule has 0 spiro atoms. The number of carbonyl (C=O) groups is 2. The molecular formula is C31H30N4O5. The van der Waals surface area contributed by atoms with Gasteiger partial charge in [0.2, 0.25) is 0 Å². The number of rotatable bonds is 5. The van der Waals surface area contributed by atoms with Gasteiger partial charge in [-0.25, -0.2) is 9.78 Å². The third-order valence-corrected chi connectivity index (χ3v) is 7.39. The third kappa shape index (κ3) is 4.53. The summed E-state index contributed by atoms with van der Waals surface area (Å²) < 4.78 is 17.4.